The van der Waals surface area contributed by atoms with Crippen LogP contribution in [0.1, 0.15) is 99.3 Å². The lowest BCUT2D eigenvalue weighted by atomic mass is 9.41. The zero-order valence-electron chi connectivity index (χ0n) is 25.4. The third kappa shape index (κ3) is 5.76. The van der Waals surface area contributed by atoms with Gasteiger partial charge < -0.3 is 20.6 Å². The second-order valence-electron chi connectivity index (χ2n) is 14.9. The third-order valence-electron chi connectivity index (χ3n) is 12.6. The number of rotatable bonds is 9. The van der Waals surface area contributed by atoms with Gasteiger partial charge in [-0.05, 0) is 103 Å². The standard InChI is InChI=1S/C31H55NO7S/c1-7-20-23-14-19(33)12-13-30(23,5)24-15-26(34)31(6)21(9-10-22(31)28(24)29(20)36)18(4)8-11-27(35)32-25(17(2)3)16-40(37,38)39/h17-26,28-29,33-34,36H,7-16H2,1-6H3,(H,32,35)(H,37,38,39)/t18-,19-,20-,21-,22+,23+,24+,25+,26+,28+,29-,30+,31-/m1/s1. The first kappa shape index (κ1) is 32.2. The minimum absolute atomic E-state index is 0.0168. The second-order valence-corrected chi connectivity index (χ2v) is 16.4. The Bertz CT molecular complexity index is 1020. The molecular weight excluding hydrogens is 530 g/mol. The molecule has 0 spiro atoms. The van der Waals surface area contributed by atoms with Gasteiger partial charge in [0.1, 0.15) is 0 Å². The van der Waals surface area contributed by atoms with Crippen LogP contribution in [-0.2, 0) is 14.9 Å². The maximum Gasteiger partial charge on any atom is 0.266 e. The van der Waals surface area contributed by atoms with Crippen molar-refractivity contribution in [1.82, 2.24) is 5.32 Å². The average Bonchev–Trinajstić information content (AvgIpc) is 3.22. The summed E-state index contributed by atoms with van der Waals surface area (Å²) in [4.78, 5) is 12.8. The number of nitrogens with one attached hydrogen (secondary N) is 1. The van der Waals surface area contributed by atoms with Crippen molar-refractivity contribution in [3.63, 3.8) is 0 Å². The number of aliphatic hydroxyl groups excluding tert-OH is 3. The molecule has 4 saturated carbocycles. The monoisotopic (exact) mass is 585 g/mol. The first-order valence-electron chi connectivity index (χ1n) is 15.8. The smallest absolute Gasteiger partial charge is 0.266 e. The van der Waals surface area contributed by atoms with E-state index in [9.17, 15) is 33.1 Å². The molecule has 0 unspecified atom stereocenters. The number of hydrogen-bond acceptors (Lipinski definition) is 6. The number of amides is 1. The molecule has 0 heterocycles. The summed E-state index contributed by atoms with van der Waals surface area (Å²) < 4.78 is 32.1. The van der Waals surface area contributed by atoms with E-state index in [1.807, 2.05) is 13.8 Å². The van der Waals surface area contributed by atoms with Gasteiger partial charge in [0.05, 0.1) is 24.1 Å². The van der Waals surface area contributed by atoms with E-state index in [1.165, 1.54) is 0 Å². The maximum absolute atomic E-state index is 12.8. The lowest BCUT2D eigenvalue weighted by molar-refractivity contribution is -0.228. The molecule has 0 aromatic carbocycles. The van der Waals surface area contributed by atoms with Crippen molar-refractivity contribution in [2.24, 2.45) is 58.2 Å². The summed E-state index contributed by atoms with van der Waals surface area (Å²) in [5.74, 6) is 0.606. The van der Waals surface area contributed by atoms with E-state index in [2.05, 4.69) is 33.0 Å². The lowest BCUT2D eigenvalue weighted by Gasteiger charge is -2.65. The van der Waals surface area contributed by atoms with Crippen molar-refractivity contribution in [1.29, 1.82) is 0 Å². The Kier molecular flexibility index (Phi) is 9.45. The quantitative estimate of drug-likeness (QED) is 0.257. The summed E-state index contributed by atoms with van der Waals surface area (Å²) in [6, 6.07) is -0.645. The summed E-state index contributed by atoms with van der Waals surface area (Å²) in [5, 5.41) is 37.0. The van der Waals surface area contributed by atoms with Crippen LogP contribution in [0.2, 0.25) is 0 Å². The van der Waals surface area contributed by atoms with Crippen LogP contribution in [0.15, 0.2) is 0 Å². The zero-order chi connectivity index (χ0) is 29.8. The minimum Gasteiger partial charge on any atom is -0.393 e. The second kappa shape index (κ2) is 11.7. The Morgan fingerprint density at radius 1 is 1.00 bits per heavy atom. The van der Waals surface area contributed by atoms with Gasteiger partial charge in [-0.25, -0.2) is 0 Å². The number of fused-ring (bicyclic) bond motifs is 5. The van der Waals surface area contributed by atoms with E-state index in [0.717, 1.165) is 38.5 Å². The van der Waals surface area contributed by atoms with Gasteiger partial charge in [-0.1, -0.05) is 48.0 Å². The fourth-order valence-electron chi connectivity index (χ4n) is 10.4. The lowest BCUT2D eigenvalue weighted by Crippen LogP contribution is -2.65. The van der Waals surface area contributed by atoms with Gasteiger partial charge in [-0.15, -0.1) is 0 Å². The molecule has 1 amide bonds. The molecular formula is C31H55NO7S. The predicted molar refractivity (Wildman–Crippen MR) is 155 cm³/mol. The SMILES string of the molecule is CC[C@H]1[C@@H](O)[C@@H]2[C@H](C[C@H](O)[C@]3(C)[C@@H]([C@H](C)CCC(=O)N[C@@H](CS(=O)(=O)O)C(C)C)CC[C@@H]23)[C@@]2(C)CC[C@@H](O)C[C@@H]12. The van der Waals surface area contributed by atoms with Crippen LogP contribution in [0.25, 0.3) is 0 Å². The summed E-state index contributed by atoms with van der Waals surface area (Å²) in [6.07, 6.45) is 5.70. The van der Waals surface area contributed by atoms with Crippen molar-refractivity contribution >= 4 is 16.0 Å². The average molecular weight is 586 g/mol. The van der Waals surface area contributed by atoms with Crippen molar-refractivity contribution in [2.75, 3.05) is 5.75 Å². The van der Waals surface area contributed by atoms with E-state index < -0.39 is 34.1 Å². The molecule has 8 nitrogen and oxygen atoms in total. The molecule has 9 heteroatoms. The fraction of sp³-hybridized carbons (Fsp3) is 0.968. The molecule has 4 rings (SSSR count). The van der Waals surface area contributed by atoms with E-state index in [4.69, 9.17) is 0 Å². The maximum atomic E-state index is 12.8. The Morgan fingerprint density at radius 2 is 1.68 bits per heavy atom. The third-order valence-corrected chi connectivity index (χ3v) is 13.4. The van der Waals surface area contributed by atoms with Crippen molar-refractivity contribution in [2.45, 2.75) is 124 Å². The molecule has 232 valence electrons. The number of carbonyl (C=O) groups excluding carboxylic acids is 1. The molecule has 4 aliphatic rings. The molecule has 0 aromatic rings. The fourth-order valence-corrected chi connectivity index (χ4v) is 11.3. The molecule has 0 bridgehead atoms. The first-order chi connectivity index (χ1) is 18.5. The Hall–Kier alpha value is -0.740. The highest BCUT2D eigenvalue weighted by molar-refractivity contribution is 7.85. The van der Waals surface area contributed by atoms with Gasteiger partial charge in [0.2, 0.25) is 5.91 Å². The van der Waals surface area contributed by atoms with Crippen LogP contribution in [0.3, 0.4) is 0 Å². The van der Waals surface area contributed by atoms with Crippen LogP contribution in [0.4, 0.5) is 0 Å². The van der Waals surface area contributed by atoms with Crippen LogP contribution in [0, 0.1) is 58.2 Å². The van der Waals surface area contributed by atoms with Crippen LogP contribution >= 0.6 is 0 Å². The van der Waals surface area contributed by atoms with E-state index in [-0.39, 0.29) is 76.6 Å². The number of aliphatic hydroxyl groups is 3. The van der Waals surface area contributed by atoms with Gasteiger partial charge in [-0.2, -0.15) is 8.42 Å². The van der Waals surface area contributed by atoms with Gasteiger partial charge in [-0.3, -0.25) is 9.35 Å². The highest BCUT2D eigenvalue weighted by Crippen LogP contribution is 2.69. The molecule has 0 radical (unpaired) electrons. The molecule has 40 heavy (non-hydrogen) atoms. The van der Waals surface area contributed by atoms with Crippen LogP contribution < -0.4 is 5.32 Å². The molecule has 0 saturated heterocycles. The molecule has 0 aliphatic heterocycles. The Balaban J connectivity index is 1.48. The minimum atomic E-state index is -4.20. The van der Waals surface area contributed by atoms with Crippen LogP contribution in [0.5, 0.6) is 0 Å². The molecule has 5 N–H and O–H groups in total. The molecule has 4 fully saturated rings. The first-order valence-corrected chi connectivity index (χ1v) is 17.4. The van der Waals surface area contributed by atoms with Crippen molar-refractivity contribution in [3.05, 3.63) is 0 Å². The predicted octanol–water partition coefficient (Wildman–Crippen LogP) is 4.03. The zero-order valence-corrected chi connectivity index (χ0v) is 26.2. The highest BCUT2D eigenvalue weighted by Gasteiger charge is 2.67. The van der Waals surface area contributed by atoms with E-state index in [0.29, 0.717) is 12.8 Å². The molecule has 0 aromatic heterocycles. The summed E-state index contributed by atoms with van der Waals surface area (Å²) >= 11 is 0. The summed E-state index contributed by atoms with van der Waals surface area (Å²) in [5.41, 5.74) is -0.317. The number of carbonyl (C=O) groups is 1. The van der Waals surface area contributed by atoms with Crippen LogP contribution in [-0.4, -0.2) is 64.3 Å². The Morgan fingerprint density at radius 3 is 2.27 bits per heavy atom. The highest BCUT2D eigenvalue weighted by atomic mass is 32.2. The van der Waals surface area contributed by atoms with Crippen molar-refractivity contribution < 1.29 is 33.1 Å². The van der Waals surface area contributed by atoms with Gasteiger partial charge in [0.15, 0.2) is 0 Å². The topological polar surface area (TPSA) is 144 Å². The van der Waals surface area contributed by atoms with E-state index >= 15 is 0 Å². The van der Waals surface area contributed by atoms with Gasteiger partial charge in [0, 0.05) is 12.5 Å². The normalized spacial score (nSPS) is 44.8. The molecule has 4 aliphatic carbocycles. The van der Waals surface area contributed by atoms with Gasteiger partial charge in [0.25, 0.3) is 10.1 Å². The summed E-state index contributed by atoms with van der Waals surface area (Å²) in [7, 11) is -4.20. The van der Waals surface area contributed by atoms with E-state index in [1.54, 1.807) is 0 Å². The summed E-state index contributed by atoms with van der Waals surface area (Å²) in [6.45, 7) is 12.5. The molecule has 13 atom stereocenters. The Labute approximate surface area is 241 Å². The van der Waals surface area contributed by atoms with Crippen molar-refractivity contribution in [3.8, 4) is 0 Å². The largest absolute Gasteiger partial charge is 0.393 e. The van der Waals surface area contributed by atoms with Gasteiger partial charge >= 0.3 is 0 Å². The number of hydrogen-bond donors (Lipinski definition) is 5.